The van der Waals surface area contributed by atoms with E-state index in [9.17, 15) is 38.4 Å². The van der Waals surface area contributed by atoms with E-state index in [1.807, 2.05) is 30.3 Å². The minimum absolute atomic E-state index is 0.109. The number of hydrogen-bond donors (Lipinski definition) is 11. The third-order valence-electron chi connectivity index (χ3n) is 14.5. The van der Waals surface area contributed by atoms with Crippen LogP contribution in [0.4, 0.5) is 0 Å². The van der Waals surface area contributed by atoms with Gasteiger partial charge in [0.25, 0.3) is 0 Å². The highest BCUT2D eigenvalue weighted by Gasteiger charge is 2.43. The molecule has 0 bridgehead atoms. The summed E-state index contributed by atoms with van der Waals surface area (Å²) in [6.07, 6.45) is -4.53. The molecular weight excluding hydrogens is 1450 g/mol. The molecule has 3 unspecified atom stereocenters. The van der Waals surface area contributed by atoms with Gasteiger partial charge in [-0.25, -0.2) is 43.6 Å². The van der Waals surface area contributed by atoms with Crippen molar-refractivity contribution in [3.8, 4) is 0 Å². The van der Waals surface area contributed by atoms with Crippen LogP contribution in [0.1, 0.15) is 76.0 Å². The van der Waals surface area contributed by atoms with Gasteiger partial charge < -0.3 is 96.2 Å². The number of ether oxygens (including phenoxy) is 9. The zero-order chi connectivity index (χ0) is 77.6. The SMILES string of the molecule is CCOC(=O)C1=C(COCCN)NC(C)=C(C(=O)OC)C1c1ccccc1Cl.CCOC(=O)C1=C(COCCN)NC(C)=C(C(=O)OC)C1c1ccccc1Cl.CCOC(=O)C1=C(COCCN)NC(C)=C(C(=O)OC)C1c1ccccc1Cl.O=C(O)[C@@H](O)[C@H](O)C(=O)O.OOOSc1ccccc1. The number of carbonyl (C=O) groups excluding carboxylic acids is 6. The topological polar surface area (TPSA) is 453 Å². The highest BCUT2D eigenvalue weighted by atomic mass is 35.5. The molecule has 4 aromatic rings. The molecule has 0 radical (unpaired) electrons. The number of esters is 6. The maximum Gasteiger partial charge on any atom is 0.336 e. The van der Waals surface area contributed by atoms with E-state index in [0.717, 1.165) is 16.9 Å². The Morgan fingerprint density at radius 2 is 0.712 bits per heavy atom. The molecule has 0 spiro atoms. The number of nitrogens with one attached hydrogen (secondary N) is 3. The molecule has 34 heteroatoms. The van der Waals surface area contributed by atoms with Gasteiger partial charge in [0.2, 0.25) is 0 Å². The summed E-state index contributed by atoms with van der Waals surface area (Å²) in [5.41, 5.74) is 23.1. The molecule has 0 fully saturated rings. The predicted octanol–water partition coefficient (Wildman–Crippen LogP) is 6.79. The average molecular weight is 1530 g/mol. The highest BCUT2D eigenvalue weighted by molar-refractivity contribution is 7.94. The number of benzene rings is 4. The largest absolute Gasteiger partial charge is 0.479 e. The second kappa shape index (κ2) is 47.6. The molecule has 3 aliphatic rings. The second-order valence-corrected chi connectivity index (χ2v) is 23.3. The van der Waals surface area contributed by atoms with Crippen molar-refractivity contribution >= 4 is 94.6 Å². The van der Waals surface area contributed by atoms with E-state index >= 15 is 0 Å². The van der Waals surface area contributed by atoms with Gasteiger partial charge in [0.05, 0.1) is 161 Å². The number of dihydropyridines is 3. The Morgan fingerprint density at radius 3 is 0.942 bits per heavy atom. The van der Waals surface area contributed by atoms with Gasteiger partial charge in [-0.1, -0.05) is 113 Å². The number of aliphatic hydroxyl groups excluding tert-OH is 2. The number of aliphatic carboxylic acids is 2. The van der Waals surface area contributed by atoms with Crippen LogP contribution in [0, 0.1) is 0 Å². The van der Waals surface area contributed by atoms with Gasteiger partial charge in [0.1, 0.15) is 0 Å². The predicted molar refractivity (Wildman–Crippen MR) is 381 cm³/mol. The third-order valence-corrected chi connectivity index (χ3v) is 16.1. The van der Waals surface area contributed by atoms with E-state index in [-0.39, 0.29) is 56.4 Å². The van der Waals surface area contributed by atoms with Crippen LogP contribution in [0.5, 0.6) is 0 Å². The first-order chi connectivity index (χ1) is 49.8. The first-order valence-electron chi connectivity index (χ1n) is 31.7. The van der Waals surface area contributed by atoms with Crippen LogP contribution in [0.25, 0.3) is 0 Å². The molecule has 568 valence electrons. The Labute approximate surface area is 620 Å². The molecule has 0 saturated carbocycles. The summed E-state index contributed by atoms with van der Waals surface area (Å²) in [6.45, 7) is 13.2. The zero-order valence-corrected chi connectivity index (χ0v) is 61.5. The van der Waals surface area contributed by atoms with Crippen molar-refractivity contribution in [3.63, 3.8) is 0 Å². The molecule has 3 aliphatic heterocycles. The van der Waals surface area contributed by atoms with Crippen LogP contribution in [-0.2, 0) is 90.4 Å². The van der Waals surface area contributed by atoms with Crippen molar-refractivity contribution in [2.75, 3.05) is 100 Å². The number of hydrogen-bond acceptors (Lipinski definition) is 29. The molecule has 3 heterocycles. The third kappa shape index (κ3) is 26.1. The lowest BCUT2D eigenvalue weighted by molar-refractivity contribution is -0.432. The number of aliphatic hydroxyl groups is 2. The van der Waals surface area contributed by atoms with Crippen LogP contribution in [0.15, 0.2) is 176 Å². The summed E-state index contributed by atoms with van der Waals surface area (Å²) < 4.78 is 51.5. The minimum atomic E-state index is -2.27. The molecule has 0 aromatic heterocycles. The number of carboxylic acids is 2. The Hall–Kier alpha value is -8.74. The molecular formula is C70H87Cl3N6O24S. The first kappa shape index (κ1) is 89.5. The van der Waals surface area contributed by atoms with Crippen molar-refractivity contribution < 1.29 is 116 Å². The minimum Gasteiger partial charge on any atom is -0.479 e. The smallest absolute Gasteiger partial charge is 0.336 e. The van der Waals surface area contributed by atoms with E-state index in [2.05, 4.69) is 25.3 Å². The number of allylic oxidation sites excluding steroid dienone is 3. The van der Waals surface area contributed by atoms with Crippen LogP contribution < -0.4 is 33.2 Å². The number of rotatable bonds is 30. The van der Waals surface area contributed by atoms with Gasteiger partial charge >= 0.3 is 47.8 Å². The van der Waals surface area contributed by atoms with Gasteiger partial charge in [-0.3, -0.25) is 0 Å². The average Bonchev–Trinajstić information content (AvgIpc) is 0.774. The van der Waals surface area contributed by atoms with E-state index < -0.39 is 77.7 Å². The lowest BCUT2D eigenvalue weighted by Gasteiger charge is -2.31. The highest BCUT2D eigenvalue weighted by Crippen LogP contribution is 2.45. The summed E-state index contributed by atoms with van der Waals surface area (Å²) in [5, 5.41) is 54.3. The number of halogens is 3. The van der Waals surface area contributed by atoms with E-state index in [0.29, 0.717) is 122 Å². The molecule has 4 aromatic carbocycles. The summed E-state index contributed by atoms with van der Waals surface area (Å²) in [7, 11) is 3.87. The molecule has 30 nitrogen and oxygen atoms in total. The zero-order valence-electron chi connectivity index (χ0n) is 58.5. The lowest BCUT2D eigenvalue weighted by Crippen LogP contribution is -2.39. The molecule has 14 N–H and O–H groups in total. The van der Waals surface area contributed by atoms with Crippen LogP contribution in [0.3, 0.4) is 0 Å². The lowest BCUT2D eigenvalue weighted by atomic mass is 9.80. The maximum atomic E-state index is 12.9. The Morgan fingerprint density at radius 1 is 0.442 bits per heavy atom. The normalized spacial score (nSPS) is 15.9. The van der Waals surface area contributed by atoms with Gasteiger partial charge in [-0.15, -0.1) is 4.33 Å². The number of nitrogens with two attached hydrogens (primary N) is 3. The summed E-state index contributed by atoms with van der Waals surface area (Å²) in [4.78, 5) is 96.8. The van der Waals surface area contributed by atoms with E-state index in [1.54, 1.807) is 114 Å². The van der Waals surface area contributed by atoms with Crippen molar-refractivity contribution in [1.29, 1.82) is 0 Å². The van der Waals surface area contributed by atoms with Gasteiger partial charge in [-0.2, -0.15) is 0 Å². The van der Waals surface area contributed by atoms with Gasteiger partial charge in [0.15, 0.2) is 12.2 Å². The Bertz CT molecular complexity index is 3440. The quantitative estimate of drug-likeness (QED) is 0.00639. The van der Waals surface area contributed by atoms with E-state index in [4.69, 9.17) is 120 Å². The fourth-order valence-corrected chi connectivity index (χ4v) is 11.3. The van der Waals surface area contributed by atoms with Crippen molar-refractivity contribution in [2.45, 2.75) is 76.4 Å². The fraction of sp³-hybridized carbons (Fsp3) is 0.371. The molecule has 0 amide bonds. The van der Waals surface area contributed by atoms with Crippen LogP contribution in [0.2, 0.25) is 15.1 Å². The van der Waals surface area contributed by atoms with Crippen molar-refractivity contribution in [2.24, 2.45) is 17.2 Å². The first-order valence-corrected chi connectivity index (χ1v) is 33.6. The van der Waals surface area contributed by atoms with Crippen molar-refractivity contribution in [1.82, 2.24) is 16.0 Å². The Kier molecular flexibility index (Phi) is 40.9. The fourth-order valence-electron chi connectivity index (χ4n) is 10.2. The van der Waals surface area contributed by atoms with Crippen LogP contribution >= 0.6 is 46.8 Å². The van der Waals surface area contributed by atoms with Gasteiger partial charge in [-0.05, 0) is 88.6 Å². The Balaban J connectivity index is 0.000000357. The number of methoxy groups -OCH3 is 3. The number of carbonyl (C=O) groups is 8. The van der Waals surface area contributed by atoms with E-state index in [1.165, 1.54) is 21.3 Å². The maximum absolute atomic E-state index is 12.9. The summed E-state index contributed by atoms with van der Waals surface area (Å²) in [5.74, 6) is -9.13. The summed E-state index contributed by atoms with van der Waals surface area (Å²) in [6, 6.07) is 30.4. The molecule has 7 rings (SSSR count). The standard InChI is InChI=1S/3C20H25ClN2O5.C6H6O3S.C4H6O6/c3*1-4-28-20(25)18-15(11-27-10-9-22)23-12(2)16(19(24)26-3)17(18)13-7-5-6-8-14(13)21;7-8-9-10-6-4-2-1-3-5-6;5-1(3(7)8)2(6)4(9)10/h3*5-8,17,23H,4,9-11,22H2,1-3H3;1-5,7H;1-2,5-6H,(H,7,8)(H,9,10)/t;;;;1-,2-/m....0/s1. The van der Waals surface area contributed by atoms with Gasteiger partial charge in [0, 0.05) is 56.7 Å². The molecule has 104 heavy (non-hydrogen) atoms. The van der Waals surface area contributed by atoms with Crippen LogP contribution in [-0.4, -0.2) is 186 Å². The monoisotopic (exact) mass is 1530 g/mol. The second-order valence-electron chi connectivity index (χ2n) is 21.3. The molecule has 0 saturated heterocycles. The molecule has 5 atom stereocenters. The summed E-state index contributed by atoms with van der Waals surface area (Å²) >= 11 is 20.2. The van der Waals surface area contributed by atoms with Crippen molar-refractivity contribution in [3.05, 3.63) is 203 Å². The molecule has 0 aliphatic carbocycles. The number of carboxylic acid groups (broad SMARTS) is 2.